The van der Waals surface area contributed by atoms with Crippen LogP contribution in [0.15, 0.2) is 76.4 Å². The number of sulfonamides is 1. The number of ketones is 1. The molecule has 0 bridgehead atoms. The van der Waals surface area contributed by atoms with Gasteiger partial charge in [-0.25, -0.2) is 13.4 Å². The van der Waals surface area contributed by atoms with Crippen LogP contribution in [0.2, 0.25) is 0 Å². The minimum atomic E-state index is -3.94. The summed E-state index contributed by atoms with van der Waals surface area (Å²) >= 11 is 0. The molecule has 0 fully saturated rings. The van der Waals surface area contributed by atoms with E-state index >= 15 is 0 Å². The molecule has 0 amide bonds. The van der Waals surface area contributed by atoms with Crippen molar-refractivity contribution in [1.82, 2.24) is 13.9 Å². The van der Waals surface area contributed by atoms with Gasteiger partial charge in [-0.3, -0.25) is 14.2 Å². The number of nitrogens with zero attached hydrogens (tertiary/aromatic N) is 3. The van der Waals surface area contributed by atoms with Gasteiger partial charge in [-0.1, -0.05) is 42.0 Å². The van der Waals surface area contributed by atoms with Crippen molar-refractivity contribution in [3.05, 3.63) is 99.6 Å². The lowest BCUT2D eigenvalue weighted by Crippen LogP contribution is -2.35. The molecule has 8 heteroatoms. The zero-order valence-corrected chi connectivity index (χ0v) is 21.1. The highest BCUT2D eigenvalue weighted by molar-refractivity contribution is 7.89. The summed E-state index contributed by atoms with van der Waals surface area (Å²) in [5.41, 5.74) is 3.24. The van der Waals surface area contributed by atoms with Crippen molar-refractivity contribution < 1.29 is 13.2 Å². The third-order valence-corrected chi connectivity index (χ3v) is 8.19. The van der Waals surface area contributed by atoms with Crippen LogP contribution in [0.4, 0.5) is 0 Å². The van der Waals surface area contributed by atoms with Gasteiger partial charge in [0, 0.05) is 12.6 Å². The molecule has 0 N–H and O–H groups in total. The third kappa shape index (κ3) is 4.42. The third-order valence-electron chi connectivity index (χ3n) is 6.25. The molecule has 0 spiro atoms. The summed E-state index contributed by atoms with van der Waals surface area (Å²) in [5, 5.41) is 0.453. The molecule has 0 aliphatic rings. The molecule has 1 heterocycles. The van der Waals surface area contributed by atoms with Gasteiger partial charge in [0.25, 0.3) is 5.56 Å². The number of aromatic nitrogens is 2. The molecule has 1 unspecified atom stereocenters. The van der Waals surface area contributed by atoms with Crippen LogP contribution in [0.1, 0.15) is 47.2 Å². The number of hydrogen-bond donors (Lipinski definition) is 0. The zero-order valence-electron chi connectivity index (χ0n) is 20.3. The summed E-state index contributed by atoms with van der Waals surface area (Å²) in [5.74, 6) is 0.167. The average Bonchev–Trinajstić information content (AvgIpc) is 2.83. The van der Waals surface area contributed by atoms with Crippen LogP contribution in [0.5, 0.6) is 0 Å². The molecule has 1 aromatic heterocycles. The van der Waals surface area contributed by atoms with E-state index < -0.39 is 16.1 Å². The molecule has 4 rings (SSSR count). The SMILES string of the molecule is CC(=O)c1ccc(S(=O)(=O)N(C)C(C)c2nc3ccccc3c(=O)n2-c2ccc(C)cc2C)cc1. The Morgan fingerprint density at radius 2 is 1.66 bits per heavy atom. The number of para-hydroxylation sites is 1. The molecule has 0 saturated heterocycles. The Kier molecular flexibility index (Phi) is 6.44. The second-order valence-electron chi connectivity index (χ2n) is 8.70. The van der Waals surface area contributed by atoms with E-state index in [4.69, 9.17) is 4.98 Å². The maximum Gasteiger partial charge on any atom is 0.266 e. The second kappa shape index (κ2) is 9.20. The Balaban J connectivity index is 1.89. The number of fused-ring (bicyclic) bond motifs is 1. The maximum absolute atomic E-state index is 13.7. The Morgan fingerprint density at radius 3 is 2.29 bits per heavy atom. The summed E-state index contributed by atoms with van der Waals surface area (Å²) in [7, 11) is -2.48. The van der Waals surface area contributed by atoms with E-state index in [2.05, 4.69) is 0 Å². The highest BCUT2D eigenvalue weighted by Crippen LogP contribution is 2.28. The summed E-state index contributed by atoms with van der Waals surface area (Å²) in [6.45, 7) is 7.02. The molecule has 0 radical (unpaired) electrons. The van der Waals surface area contributed by atoms with Crippen LogP contribution >= 0.6 is 0 Å². The summed E-state index contributed by atoms with van der Waals surface area (Å²) < 4.78 is 29.6. The van der Waals surface area contributed by atoms with Gasteiger partial charge in [0.05, 0.1) is 27.5 Å². The second-order valence-corrected chi connectivity index (χ2v) is 10.7. The van der Waals surface area contributed by atoms with Crippen LogP contribution in [0.3, 0.4) is 0 Å². The fourth-order valence-corrected chi connectivity index (χ4v) is 5.44. The molecule has 0 aliphatic carbocycles. The normalized spacial score (nSPS) is 12.7. The van der Waals surface area contributed by atoms with Crippen molar-refractivity contribution in [2.75, 3.05) is 7.05 Å². The monoisotopic (exact) mass is 489 g/mol. The predicted octanol–water partition coefficient (Wildman–Crippen LogP) is 4.59. The number of aryl methyl sites for hydroxylation is 2. The molecule has 3 aromatic carbocycles. The fraction of sp³-hybridized carbons (Fsp3) is 0.222. The van der Waals surface area contributed by atoms with E-state index in [9.17, 15) is 18.0 Å². The number of Topliss-reactive ketones (excluding diaryl/α,β-unsaturated/α-hetero) is 1. The fourth-order valence-electron chi connectivity index (χ4n) is 4.12. The number of benzene rings is 3. The van der Waals surface area contributed by atoms with Crippen molar-refractivity contribution in [2.45, 2.75) is 38.6 Å². The standard InChI is InChI=1S/C27H27N3O4S/c1-17-10-15-25(18(2)16-17)30-26(28-24-9-7-6-8-23(24)27(30)32)19(3)29(5)35(33,34)22-13-11-21(12-14-22)20(4)31/h6-16,19H,1-5H3. The summed E-state index contributed by atoms with van der Waals surface area (Å²) in [4.78, 5) is 30.1. The largest absolute Gasteiger partial charge is 0.295 e. The lowest BCUT2D eigenvalue weighted by molar-refractivity contribution is 0.101. The first-order chi connectivity index (χ1) is 16.5. The first kappa shape index (κ1) is 24.5. The van der Waals surface area contributed by atoms with Crippen molar-refractivity contribution in [3.63, 3.8) is 0 Å². The molecule has 7 nitrogen and oxygen atoms in total. The van der Waals surface area contributed by atoms with Gasteiger partial charge in [0.2, 0.25) is 10.0 Å². The molecular formula is C27H27N3O4S. The highest BCUT2D eigenvalue weighted by atomic mass is 32.2. The highest BCUT2D eigenvalue weighted by Gasteiger charge is 2.30. The van der Waals surface area contributed by atoms with Crippen molar-refractivity contribution in [3.8, 4) is 5.69 Å². The van der Waals surface area contributed by atoms with Crippen LogP contribution in [-0.4, -0.2) is 35.1 Å². The minimum Gasteiger partial charge on any atom is -0.295 e. The minimum absolute atomic E-state index is 0.0538. The number of rotatable bonds is 6. The lowest BCUT2D eigenvalue weighted by atomic mass is 10.1. The molecule has 180 valence electrons. The van der Waals surface area contributed by atoms with E-state index in [0.29, 0.717) is 28.0 Å². The van der Waals surface area contributed by atoms with E-state index in [-0.39, 0.29) is 16.2 Å². The van der Waals surface area contributed by atoms with E-state index in [1.54, 1.807) is 31.2 Å². The summed E-state index contributed by atoms with van der Waals surface area (Å²) in [6, 6.07) is 17.8. The topological polar surface area (TPSA) is 89.3 Å². The first-order valence-electron chi connectivity index (χ1n) is 11.2. The smallest absolute Gasteiger partial charge is 0.266 e. The van der Waals surface area contributed by atoms with Crippen LogP contribution in [0.25, 0.3) is 16.6 Å². The van der Waals surface area contributed by atoms with Crippen molar-refractivity contribution in [2.24, 2.45) is 0 Å². The van der Waals surface area contributed by atoms with Gasteiger partial charge in [-0.05, 0) is 63.6 Å². The van der Waals surface area contributed by atoms with Crippen LogP contribution in [-0.2, 0) is 10.0 Å². The van der Waals surface area contributed by atoms with Gasteiger partial charge < -0.3 is 0 Å². The quantitative estimate of drug-likeness (QED) is 0.370. The Labute approximate surface area is 204 Å². The number of carbonyl (C=O) groups excluding carboxylic acids is 1. The maximum atomic E-state index is 13.7. The van der Waals surface area contributed by atoms with Gasteiger partial charge in [-0.15, -0.1) is 0 Å². The molecular weight excluding hydrogens is 462 g/mol. The Morgan fingerprint density at radius 1 is 1.00 bits per heavy atom. The predicted molar refractivity (Wildman–Crippen MR) is 137 cm³/mol. The molecule has 0 aliphatic heterocycles. The number of carbonyl (C=O) groups is 1. The van der Waals surface area contributed by atoms with E-state index in [0.717, 1.165) is 11.1 Å². The van der Waals surface area contributed by atoms with Gasteiger partial charge in [0.1, 0.15) is 5.82 Å². The average molecular weight is 490 g/mol. The molecule has 1 atom stereocenters. The first-order valence-corrected chi connectivity index (χ1v) is 12.6. The Hall–Kier alpha value is -3.62. The van der Waals surface area contributed by atoms with Gasteiger partial charge >= 0.3 is 0 Å². The summed E-state index contributed by atoms with van der Waals surface area (Å²) in [6.07, 6.45) is 0. The molecule has 4 aromatic rings. The van der Waals surface area contributed by atoms with Crippen molar-refractivity contribution >= 4 is 26.7 Å². The van der Waals surface area contributed by atoms with E-state index in [1.165, 1.54) is 47.1 Å². The zero-order chi connectivity index (χ0) is 25.5. The number of hydrogen-bond acceptors (Lipinski definition) is 5. The van der Waals surface area contributed by atoms with Crippen LogP contribution < -0.4 is 5.56 Å². The molecule has 0 saturated carbocycles. The van der Waals surface area contributed by atoms with Crippen LogP contribution in [0, 0.1) is 13.8 Å². The van der Waals surface area contributed by atoms with Crippen molar-refractivity contribution in [1.29, 1.82) is 0 Å². The van der Waals surface area contributed by atoms with E-state index in [1.807, 2.05) is 32.0 Å². The van der Waals surface area contributed by atoms with Gasteiger partial charge in [-0.2, -0.15) is 4.31 Å². The van der Waals surface area contributed by atoms with Gasteiger partial charge in [0.15, 0.2) is 5.78 Å². The lowest BCUT2D eigenvalue weighted by Gasteiger charge is -2.27. The molecule has 35 heavy (non-hydrogen) atoms. The Bertz CT molecular complexity index is 1610.